The summed E-state index contributed by atoms with van der Waals surface area (Å²) in [6.07, 6.45) is 0. The third-order valence-corrected chi connectivity index (χ3v) is 4.97. The predicted molar refractivity (Wildman–Crippen MR) is 112 cm³/mol. The van der Waals surface area contributed by atoms with Crippen LogP contribution >= 0.6 is 24.0 Å². The summed E-state index contributed by atoms with van der Waals surface area (Å²) >= 11 is 0. The third kappa shape index (κ3) is 6.54. The smallest absolute Gasteiger partial charge is 0.240 e. The number of benzene rings is 2. The van der Waals surface area contributed by atoms with Crippen molar-refractivity contribution in [3.8, 4) is 0 Å². The topological polar surface area (TPSA) is 82.6 Å². The van der Waals surface area contributed by atoms with Crippen molar-refractivity contribution in [1.29, 1.82) is 0 Å². The molecule has 0 unspecified atom stereocenters. The van der Waals surface area contributed by atoms with Gasteiger partial charge in [-0.15, -0.1) is 24.0 Å². The molecule has 0 atom stereocenters. The van der Waals surface area contributed by atoms with Gasteiger partial charge in [0.1, 0.15) is 5.82 Å². The summed E-state index contributed by atoms with van der Waals surface area (Å²) in [4.78, 5) is 4.32. The second kappa shape index (κ2) is 10.4. The van der Waals surface area contributed by atoms with Gasteiger partial charge in [0, 0.05) is 20.1 Å². The van der Waals surface area contributed by atoms with Gasteiger partial charge < -0.3 is 10.6 Å². The molecule has 6 nitrogen and oxygen atoms in total. The molecule has 0 heterocycles. The fourth-order valence-corrected chi connectivity index (χ4v) is 2.87. The Bertz CT molecular complexity index is 842. The van der Waals surface area contributed by atoms with Crippen LogP contribution in [0.3, 0.4) is 0 Å². The normalized spacial score (nSPS) is 11.6. The highest BCUT2D eigenvalue weighted by atomic mass is 127. The van der Waals surface area contributed by atoms with Crippen LogP contribution in [0.4, 0.5) is 4.39 Å². The highest BCUT2D eigenvalue weighted by Gasteiger charge is 2.10. The molecule has 0 aliphatic carbocycles. The number of aliphatic imine (C=N–C) groups is 1. The molecule has 3 N–H and O–H groups in total. The summed E-state index contributed by atoms with van der Waals surface area (Å²) in [5.74, 6) is 0.287. The number of nitrogens with zero attached hydrogens (tertiary/aromatic N) is 1. The largest absolute Gasteiger partial charge is 0.352 e. The van der Waals surface area contributed by atoms with Crippen molar-refractivity contribution < 1.29 is 12.8 Å². The fourth-order valence-electron chi connectivity index (χ4n) is 2.14. The number of halogens is 2. The van der Waals surface area contributed by atoms with Gasteiger partial charge >= 0.3 is 0 Å². The van der Waals surface area contributed by atoms with Crippen LogP contribution in [0.1, 0.15) is 11.1 Å². The molecule has 0 aromatic heterocycles. The first kappa shape index (κ1) is 22.3. The molecular formula is C17H22FIN4O2S. The molecule has 2 rings (SSSR count). The SMILES string of the molecule is CN=C(NCc1ccc(S(=O)(=O)NC)cc1)NCc1cccc(F)c1.I. The monoisotopic (exact) mass is 492 g/mol. The van der Waals surface area contributed by atoms with Gasteiger partial charge in [-0.3, -0.25) is 4.99 Å². The van der Waals surface area contributed by atoms with Gasteiger partial charge in [0.2, 0.25) is 10.0 Å². The van der Waals surface area contributed by atoms with Crippen LogP contribution in [0.15, 0.2) is 58.4 Å². The molecule has 9 heteroatoms. The lowest BCUT2D eigenvalue weighted by Crippen LogP contribution is -2.36. The quantitative estimate of drug-likeness (QED) is 0.328. The van der Waals surface area contributed by atoms with E-state index in [-0.39, 0.29) is 34.7 Å². The van der Waals surface area contributed by atoms with Gasteiger partial charge in [-0.2, -0.15) is 0 Å². The summed E-state index contributed by atoms with van der Waals surface area (Å²) < 4.78 is 38.8. The van der Waals surface area contributed by atoms with E-state index in [1.807, 2.05) is 6.07 Å². The number of sulfonamides is 1. The predicted octanol–water partition coefficient (Wildman–Crippen LogP) is 2.22. The number of hydrogen-bond acceptors (Lipinski definition) is 3. The van der Waals surface area contributed by atoms with Crippen molar-refractivity contribution in [2.45, 2.75) is 18.0 Å². The zero-order chi connectivity index (χ0) is 18.3. The van der Waals surface area contributed by atoms with E-state index < -0.39 is 10.0 Å². The average Bonchev–Trinajstić information content (AvgIpc) is 2.62. The van der Waals surface area contributed by atoms with E-state index in [1.54, 1.807) is 37.4 Å². The van der Waals surface area contributed by atoms with Crippen LogP contribution in [0.2, 0.25) is 0 Å². The summed E-state index contributed by atoms with van der Waals surface area (Å²) in [6, 6.07) is 12.9. The molecular weight excluding hydrogens is 470 g/mol. The molecule has 0 fully saturated rings. The van der Waals surface area contributed by atoms with Crippen LogP contribution in [0.25, 0.3) is 0 Å². The Morgan fingerprint density at radius 3 is 2.19 bits per heavy atom. The lowest BCUT2D eigenvalue weighted by molar-refractivity contribution is 0.588. The standard InChI is InChI=1S/C17H21FN4O2S.HI/c1-19-17(22-12-14-4-3-5-15(18)10-14)21-11-13-6-8-16(9-7-13)25(23,24)20-2;/h3-10,20H,11-12H2,1-2H3,(H2,19,21,22);1H. The minimum absolute atomic E-state index is 0. The molecule has 0 spiro atoms. The van der Waals surface area contributed by atoms with Crippen LogP contribution < -0.4 is 15.4 Å². The zero-order valence-corrected chi connectivity index (χ0v) is 17.6. The van der Waals surface area contributed by atoms with Gasteiger partial charge in [-0.1, -0.05) is 24.3 Å². The molecule has 0 aliphatic rings. The van der Waals surface area contributed by atoms with Crippen LogP contribution in [-0.2, 0) is 23.1 Å². The molecule has 0 amide bonds. The van der Waals surface area contributed by atoms with Gasteiger partial charge in [0.15, 0.2) is 5.96 Å². The Labute approximate surface area is 170 Å². The van der Waals surface area contributed by atoms with E-state index in [1.165, 1.54) is 19.2 Å². The van der Waals surface area contributed by atoms with Gasteiger partial charge in [0.05, 0.1) is 4.90 Å². The van der Waals surface area contributed by atoms with Crippen molar-refractivity contribution in [2.75, 3.05) is 14.1 Å². The Hall–Kier alpha value is -1.72. The van der Waals surface area contributed by atoms with Crippen molar-refractivity contribution in [2.24, 2.45) is 4.99 Å². The summed E-state index contributed by atoms with van der Waals surface area (Å²) in [5.41, 5.74) is 1.72. The average molecular weight is 492 g/mol. The Morgan fingerprint density at radius 2 is 1.65 bits per heavy atom. The first-order valence-electron chi connectivity index (χ1n) is 7.66. The third-order valence-electron chi connectivity index (χ3n) is 3.53. The second-order valence-corrected chi connectivity index (χ2v) is 7.15. The Kier molecular flexibility index (Phi) is 8.96. The number of rotatable bonds is 6. The summed E-state index contributed by atoms with van der Waals surface area (Å²) in [7, 11) is -0.414. The van der Waals surface area contributed by atoms with E-state index in [0.717, 1.165) is 11.1 Å². The molecule has 0 saturated heterocycles. The minimum atomic E-state index is -3.43. The van der Waals surface area contributed by atoms with Crippen molar-refractivity contribution in [3.63, 3.8) is 0 Å². The number of guanidine groups is 1. The summed E-state index contributed by atoms with van der Waals surface area (Å²) in [5, 5.41) is 6.22. The van der Waals surface area contributed by atoms with Crippen molar-refractivity contribution >= 4 is 40.0 Å². The maximum absolute atomic E-state index is 13.2. The highest BCUT2D eigenvalue weighted by molar-refractivity contribution is 14.0. The van der Waals surface area contributed by atoms with E-state index in [4.69, 9.17) is 0 Å². The highest BCUT2D eigenvalue weighted by Crippen LogP contribution is 2.10. The molecule has 0 saturated carbocycles. The number of hydrogen-bond donors (Lipinski definition) is 3. The van der Waals surface area contributed by atoms with E-state index in [9.17, 15) is 12.8 Å². The summed E-state index contributed by atoms with van der Waals surface area (Å²) in [6.45, 7) is 0.916. The molecule has 26 heavy (non-hydrogen) atoms. The molecule has 142 valence electrons. The first-order valence-corrected chi connectivity index (χ1v) is 9.14. The molecule has 0 aliphatic heterocycles. The van der Waals surface area contributed by atoms with Gasteiger partial charge in [-0.25, -0.2) is 17.5 Å². The second-order valence-electron chi connectivity index (χ2n) is 5.26. The fraction of sp³-hybridized carbons (Fsp3) is 0.235. The maximum Gasteiger partial charge on any atom is 0.240 e. The Morgan fingerprint density at radius 1 is 1.04 bits per heavy atom. The zero-order valence-electron chi connectivity index (χ0n) is 14.5. The molecule has 0 bridgehead atoms. The van der Waals surface area contributed by atoms with Crippen LogP contribution in [0.5, 0.6) is 0 Å². The van der Waals surface area contributed by atoms with Crippen LogP contribution in [0, 0.1) is 5.82 Å². The lowest BCUT2D eigenvalue weighted by atomic mass is 10.2. The lowest BCUT2D eigenvalue weighted by Gasteiger charge is -2.12. The van der Waals surface area contributed by atoms with E-state index in [0.29, 0.717) is 19.0 Å². The van der Waals surface area contributed by atoms with Gasteiger partial charge in [-0.05, 0) is 42.4 Å². The van der Waals surface area contributed by atoms with Crippen LogP contribution in [-0.4, -0.2) is 28.5 Å². The number of nitrogens with one attached hydrogen (secondary N) is 3. The van der Waals surface area contributed by atoms with E-state index >= 15 is 0 Å². The van der Waals surface area contributed by atoms with Crippen molar-refractivity contribution in [3.05, 3.63) is 65.5 Å². The minimum Gasteiger partial charge on any atom is -0.352 e. The maximum atomic E-state index is 13.2. The van der Waals surface area contributed by atoms with E-state index in [2.05, 4.69) is 20.3 Å². The first-order chi connectivity index (χ1) is 11.9. The molecule has 2 aromatic rings. The Balaban J connectivity index is 0.00000338. The van der Waals surface area contributed by atoms with Crippen molar-refractivity contribution in [1.82, 2.24) is 15.4 Å². The molecule has 2 aromatic carbocycles. The van der Waals surface area contributed by atoms with Gasteiger partial charge in [0.25, 0.3) is 0 Å². The molecule has 0 radical (unpaired) electrons.